The fourth-order valence-corrected chi connectivity index (χ4v) is 7.12. The highest BCUT2D eigenvalue weighted by molar-refractivity contribution is 7.46. The Hall–Kier alpha value is -2.31. The van der Waals surface area contributed by atoms with Gasteiger partial charge in [-0.15, -0.1) is 0 Å². The lowest BCUT2D eigenvalue weighted by atomic mass is 9.79. The molecule has 5 atom stereocenters. The number of carbonyl (C=O) groups is 3. The van der Waals surface area contributed by atoms with Crippen LogP contribution in [0.2, 0.25) is 0 Å². The van der Waals surface area contributed by atoms with E-state index in [0.29, 0.717) is 25.3 Å². The minimum Gasteiger partial charge on any atom is -0.480 e. The molecule has 216 valence electrons. The van der Waals surface area contributed by atoms with Gasteiger partial charge in [-0.1, -0.05) is 87.8 Å². The Morgan fingerprint density at radius 1 is 1.05 bits per heavy atom. The molecule has 1 N–H and O–H groups in total. The summed E-state index contributed by atoms with van der Waals surface area (Å²) < 4.78 is 25.1. The van der Waals surface area contributed by atoms with Crippen LogP contribution in [0.15, 0.2) is 30.3 Å². The molecule has 1 aromatic rings. The summed E-state index contributed by atoms with van der Waals surface area (Å²) >= 11 is 0. The van der Waals surface area contributed by atoms with Crippen LogP contribution in [0.25, 0.3) is 0 Å². The number of hydrogen-bond donors (Lipinski definition) is 1. The van der Waals surface area contributed by atoms with E-state index in [2.05, 4.69) is 0 Å². The Balaban J connectivity index is 1.75. The average Bonchev–Trinajstić information content (AvgIpc) is 3.40. The molecule has 1 saturated carbocycles. The molecule has 1 aliphatic heterocycles. The van der Waals surface area contributed by atoms with Gasteiger partial charge in [0.05, 0.1) is 0 Å². The largest absolute Gasteiger partial charge is 0.480 e. The maximum atomic E-state index is 13.9. The van der Waals surface area contributed by atoms with Gasteiger partial charge in [-0.25, -0.2) is 4.79 Å². The topological polar surface area (TPSA) is 110 Å². The third kappa shape index (κ3) is 9.11. The first-order valence-corrected chi connectivity index (χ1v) is 16.1. The van der Waals surface area contributed by atoms with Gasteiger partial charge in [-0.05, 0) is 43.1 Å². The predicted molar refractivity (Wildman–Crippen MR) is 150 cm³/mol. The smallest absolute Gasteiger partial charge is 0.380 e. The van der Waals surface area contributed by atoms with Crippen molar-refractivity contribution in [2.45, 2.75) is 103 Å². The van der Waals surface area contributed by atoms with Crippen molar-refractivity contribution in [1.82, 2.24) is 4.90 Å². The van der Waals surface area contributed by atoms with E-state index in [0.717, 1.165) is 38.5 Å². The maximum absolute atomic E-state index is 13.9. The number of aliphatic carboxylic acids is 1. The molecule has 2 fully saturated rings. The molecule has 1 amide bonds. The Labute approximate surface area is 233 Å². The third-order valence-corrected chi connectivity index (χ3v) is 9.59. The van der Waals surface area contributed by atoms with Crippen LogP contribution in [-0.4, -0.2) is 58.7 Å². The molecule has 39 heavy (non-hydrogen) atoms. The first-order valence-electron chi connectivity index (χ1n) is 14.6. The SMILES string of the molecule is CCC(=O)O[C@H](O[C@H](C(=O)N1C[C@H](C2CCCCC2)C[C@H]1C(=O)O)[P+](=O)CCCCc1ccccc1)C(C)C. The summed E-state index contributed by atoms with van der Waals surface area (Å²) in [6.07, 6.45) is 7.60. The van der Waals surface area contributed by atoms with Crippen LogP contribution in [0.4, 0.5) is 0 Å². The summed E-state index contributed by atoms with van der Waals surface area (Å²) in [6, 6.07) is 9.06. The zero-order valence-electron chi connectivity index (χ0n) is 23.6. The molecular weight excluding hydrogens is 517 g/mol. The van der Waals surface area contributed by atoms with E-state index in [1.807, 2.05) is 30.3 Å². The molecule has 3 rings (SSSR count). The summed E-state index contributed by atoms with van der Waals surface area (Å²) in [5.74, 6) is -3.21. The Bertz CT molecular complexity index is 963. The van der Waals surface area contributed by atoms with Crippen LogP contribution < -0.4 is 0 Å². The second-order valence-electron chi connectivity index (χ2n) is 11.3. The van der Waals surface area contributed by atoms with E-state index in [-0.39, 0.29) is 24.4 Å². The van der Waals surface area contributed by atoms with E-state index < -0.39 is 43.8 Å². The molecule has 1 saturated heterocycles. The van der Waals surface area contributed by atoms with Gasteiger partial charge in [-0.2, -0.15) is 0 Å². The van der Waals surface area contributed by atoms with Crippen LogP contribution in [0.1, 0.15) is 84.1 Å². The molecule has 9 heteroatoms. The number of carboxylic acids is 1. The number of rotatable bonds is 14. The molecule has 1 heterocycles. The molecule has 1 unspecified atom stereocenters. The standard InChI is InChI=1S/C30H44NO7P/c1-4-26(32)37-29(21(2)3)38-30(39(36)18-12-11-15-22-13-7-5-8-14-22)27(33)31-20-24(19-25(31)28(34)35)23-16-9-6-10-17-23/h5,7-8,13-14,21,23-25,29-30H,4,6,9-12,15-20H2,1-3H3/p+1/t24-,25+,29-,30+/m1/s1. The van der Waals surface area contributed by atoms with Gasteiger partial charge in [0.15, 0.2) is 0 Å². The molecule has 2 aliphatic rings. The average molecular weight is 563 g/mol. The van der Waals surface area contributed by atoms with Crippen molar-refractivity contribution >= 4 is 25.6 Å². The number of benzene rings is 1. The van der Waals surface area contributed by atoms with Gasteiger partial charge in [-0.3, -0.25) is 14.3 Å². The molecular formula is C30H45NO7P+. The summed E-state index contributed by atoms with van der Waals surface area (Å²) in [7, 11) is -2.18. The molecule has 0 bridgehead atoms. The van der Waals surface area contributed by atoms with Crippen molar-refractivity contribution < 1.29 is 33.5 Å². The number of hydrogen-bond acceptors (Lipinski definition) is 6. The normalized spacial score (nSPS) is 21.9. The van der Waals surface area contributed by atoms with Crippen molar-refractivity contribution in [2.24, 2.45) is 17.8 Å². The lowest BCUT2D eigenvalue weighted by Crippen LogP contribution is -2.47. The van der Waals surface area contributed by atoms with E-state index in [1.165, 1.54) is 16.9 Å². The van der Waals surface area contributed by atoms with E-state index in [9.17, 15) is 24.1 Å². The number of esters is 1. The Morgan fingerprint density at radius 3 is 2.36 bits per heavy atom. The minimum atomic E-state index is -2.18. The van der Waals surface area contributed by atoms with Crippen LogP contribution in [0.5, 0.6) is 0 Å². The molecule has 0 aromatic heterocycles. The number of amides is 1. The molecule has 1 aliphatic carbocycles. The van der Waals surface area contributed by atoms with E-state index in [1.54, 1.807) is 20.8 Å². The quantitative estimate of drug-likeness (QED) is 0.128. The van der Waals surface area contributed by atoms with Gasteiger partial charge in [0.2, 0.25) is 6.29 Å². The fraction of sp³-hybridized carbons (Fsp3) is 0.700. The lowest BCUT2D eigenvalue weighted by molar-refractivity contribution is -0.197. The highest BCUT2D eigenvalue weighted by Gasteiger charge is 2.50. The second-order valence-corrected chi connectivity index (χ2v) is 13.0. The lowest BCUT2D eigenvalue weighted by Gasteiger charge is -2.28. The van der Waals surface area contributed by atoms with Crippen molar-refractivity contribution in [1.29, 1.82) is 0 Å². The number of nitrogens with zero attached hydrogens (tertiary/aromatic N) is 1. The molecule has 8 nitrogen and oxygen atoms in total. The van der Waals surface area contributed by atoms with E-state index in [4.69, 9.17) is 9.47 Å². The van der Waals surface area contributed by atoms with Crippen molar-refractivity contribution in [3.8, 4) is 0 Å². The second kappa shape index (κ2) is 15.5. The van der Waals surface area contributed by atoms with Crippen molar-refractivity contribution in [3.05, 3.63) is 35.9 Å². The van der Waals surface area contributed by atoms with Gasteiger partial charge in [0.25, 0.3) is 0 Å². The number of carbonyl (C=O) groups excluding carboxylic acids is 2. The van der Waals surface area contributed by atoms with E-state index >= 15 is 0 Å². The minimum absolute atomic E-state index is 0.110. The van der Waals surface area contributed by atoms with Crippen LogP contribution in [0, 0.1) is 17.8 Å². The molecule has 0 radical (unpaired) electrons. The summed E-state index contributed by atoms with van der Waals surface area (Å²) in [6.45, 7) is 5.61. The zero-order valence-corrected chi connectivity index (χ0v) is 24.5. The summed E-state index contributed by atoms with van der Waals surface area (Å²) in [4.78, 5) is 39.6. The Morgan fingerprint density at radius 2 is 1.74 bits per heavy atom. The Kier molecular flexibility index (Phi) is 12.4. The van der Waals surface area contributed by atoms with Gasteiger partial charge in [0.1, 0.15) is 12.2 Å². The number of unbranched alkanes of at least 4 members (excludes halogenated alkanes) is 1. The fourth-order valence-electron chi connectivity index (χ4n) is 5.70. The highest BCUT2D eigenvalue weighted by Crippen LogP contribution is 2.40. The maximum Gasteiger partial charge on any atom is 0.380 e. The molecule has 0 spiro atoms. The van der Waals surface area contributed by atoms with Gasteiger partial charge < -0.3 is 14.7 Å². The number of ether oxygens (including phenoxy) is 2. The predicted octanol–water partition coefficient (Wildman–Crippen LogP) is 6.00. The zero-order chi connectivity index (χ0) is 28.4. The monoisotopic (exact) mass is 562 g/mol. The third-order valence-electron chi connectivity index (χ3n) is 7.97. The van der Waals surface area contributed by atoms with Gasteiger partial charge >= 0.3 is 31.5 Å². The van der Waals surface area contributed by atoms with Crippen molar-refractivity contribution in [2.75, 3.05) is 12.7 Å². The van der Waals surface area contributed by atoms with Crippen LogP contribution in [0.3, 0.4) is 0 Å². The van der Waals surface area contributed by atoms with Crippen molar-refractivity contribution in [3.63, 3.8) is 0 Å². The summed E-state index contributed by atoms with van der Waals surface area (Å²) in [5.41, 5.74) is 1.19. The summed E-state index contributed by atoms with van der Waals surface area (Å²) in [5, 5.41) is 9.99. The number of likely N-dealkylation sites (tertiary alicyclic amines) is 1. The first kappa shape index (κ1) is 31.2. The van der Waals surface area contributed by atoms with Crippen LogP contribution >= 0.6 is 7.80 Å². The molecule has 1 aromatic carbocycles. The van der Waals surface area contributed by atoms with Crippen LogP contribution in [-0.2, 0) is 34.8 Å². The first-order chi connectivity index (χ1) is 18.7. The highest BCUT2D eigenvalue weighted by atomic mass is 31.1. The van der Waals surface area contributed by atoms with Gasteiger partial charge in [0, 0.05) is 18.9 Å². The number of carboxylic acid groups (broad SMARTS) is 1. The number of aryl methyl sites for hydroxylation is 1.